The average molecular weight is 417 g/mol. The fourth-order valence-electron chi connectivity index (χ4n) is 1.78. The van der Waals surface area contributed by atoms with E-state index >= 15 is 0 Å². The Kier molecular flexibility index (Phi) is 5.87. The Bertz CT molecular complexity index is 643. The molecule has 0 aromatic heterocycles. The van der Waals surface area contributed by atoms with Gasteiger partial charge in [-0.15, -0.1) is 0 Å². The second kappa shape index (κ2) is 7.66. The first kappa shape index (κ1) is 16.1. The van der Waals surface area contributed by atoms with Crippen LogP contribution in [0, 0.1) is 3.57 Å². The van der Waals surface area contributed by atoms with Gasteiger partial charge in [-0.05, 0) is 46.4 Å². The molecule has 0 aliphatic rings. The maximum atomic E-state index is 11.3. The van der Waals surface area contributed by atoms with Crippen LogP contribution in [0.2, 0.25) is 5.02 Å². The highest BCUT2D eigenvalue weighted by atomic mass is 127. The predicted molar refractivity (Wildman–Crippen MR) is 90.7 cm³/mol. The SMILES string of the molecule is COC(=O)Cc1ccc(OCc2ccccc2Cl)c(I)c1. The van der Waals surface area contributed by atoms with E-state index in [1.165, 1.54) is 7.11 Å². The van der Waals surface area contributed by atoms with Crippen molar-refractivity contribution < 1.29 is 14.3 Å². The smallest absolute Gasteiger partial charge is 0.309 e. The van der Waals surface area contributed by atoms with Crippen LogP contribution in [0.4, 0.5) is 0 Å². The van der Waals surface area contributed by atoms with Gasteiger partial charge in [0.1, 0.15) is 12.4 Å². The van der Waals surface area contributed by atoms with Crippen LogP contribution < -0.4 is 4.74 Å². The second-order valence-corrected chi connectivity index (χ2v) is 5.97. The largest absolute Gasteiger partial charge is 0.488 e. The normalized spacial score (nSPS) is 10.2. The molecule has 0 amide bonds. The second-order valence-electron chi connectivity index (χ2n) is 4.40. The quantitative estimate of drug-likeness (QED) is 0.540. The molecule has 0 N–H and O–H groups in total. The average Bonchev–Trinajstić information content (AvgIpc) is 2.48. The van der Waals surface area contributed by atoms with E-state index in [4.69, 9.17) is 16.3 Å². The maximum Gasteiger partial charge on any atom is 0.309 e. The molecule has 0 saturated carbocycles. The Morgan fingerprint density at radius 1 is 1.24 bits per heavy atom. The van der Waals surface area contributed by atoms with Crippen molar-refractivity contribution >= 4 is 40.2 Å². The van der Waals surface area contributed by atoms with Gasteiger partial charge in [0.05, 0.1) is 17.1 Å². The molecule has 110 valence electrons. The number of rotatable bonds is 5. The molecule has 2 rings (SSSR count). The summed E-state index contributed by atoms with van der Waals surface area (Å²) in [5, 5.41) is 0.690. The van der Waals surface area contributed by atoms with Crippen LogP contribution in [0.5, 0.6) is 5.75 Å². The van der Waals surface area contributed by atoms with Crippen LogP contribution in [0.15, 0.2) is 42.5 Å². The molecule has 21 heavy (non-hydrogen) atoms. The molecule has 0 bridgehead atoms. The van der Waals surface area contributed by atoms with Crippen LogP contribution >= 0.6 is 34.2 Å². The number of methoxy groups -OCH3 is 1. The van der Waals surface area contributed by atoms with Gasteiger partial charge in [-0.1, -0.05) is 35.9 Å². The summed E-state index contributed by atoms with van der Waals surface area (Å²) in [7, 11) is 1.38. The molecule has 0 heterocycles. The first-order valence-corrected chi connectivity index (χ1v) is 7.77. The van der Waals surface area contributed by atoms with Gasteiger partial charge in [-0.3, -0.25) is 4.79 Å². The van der Waals surface area contributed by atoms with Gasteiger partial charge in [0, 0.05) is 10.6 Å². The van der Waals surface area contributed by atoms with Gasteiger partial charge in [0.15, 0.2) is 0 Å². The number of esters is 1. The summed E-state index contributed by atoms with van der Waals surface area (Å²) in [6.07, 6.45) is 0.261. The van der Waals surface area contributed by atoms with E-state index in [9.17, 15) is 4.79 Å². The molecule has 3 nitrogen and oxygen atoms in total. The topological polar surface area (TPSA) is 35.5 Å². The summed E-state index contributed by atoms with van der Waals surface area (Å²) in [4.78, 5) is 11.3. The summed E-state index contributed by atoms with van der Waals surface area (Å²) >= 11 is 8.28. The van der Waals surface area contributed by atoms with Crippen LogP contribution in [-0.4, -0.2) is 13.1 Å². The Morgan fingerprint density at radius 3 is 2.67 bits per heavy atom. The van der Waals surface area contributed by atoms with Gasteiger partial charge < -0.3 is 9.47 Å². The minimum absolute atomic E-state index is 0.254. The van der Waals surface area contributed by atoms with E-state index in [1.807, 2.05) is 42.5 Å². The predicted octanol–water partition coefficient (Wildman–Crippen LogP) is 4.24. The summed E-state index contributed by atoms with van der Waals surface area (Å²) < 4.78 is 11.4. The molecule has 0 unspecified atom stereocenters. The number of ether oxygens (including phenoxy) is 2. The number of halogens is 2. The van der Waals surface area contributed by atoms with Crippen molar-refractivity contribution in [3.63, 3.8) is 0 Å². The third kappa shape index (κ3) is 4.61. The first-order chi connectivity index (χ1) is 10.1. The molecule has 0 aliphatic carbocycles. The molecule has 0 atom stereocenters. The van der Waals surface area contributed by atoms with E-state index in [2.05, 4.69) is 27.3 Å². The number of carbonyl (C=O) groups excluding carboxylic acids is 1. The van der Waals surface area contributed by atoms with E-state index in [-0.39, 0.29) is 12.4 Å². The standard InChI is InChI=1S/C16H14ClIO3/c1-20-16(19)9-11-6-7-15(14(18)8-11)21-10-12-4-2-3-5-13(12)17/h2-8H,9-10H2,1H3. The minimum Gasteiger partial charge on any atom is -0.488 e. The molecular formula is C16H14ClIO3. The summed E-state index contributed by atoms with van der Waals surface area (Å²) in [5.41, 5.74) is 1.84. The Morgan fingerprint density at radius 2 is 2.00 bits per heavy atom. The number of hydrogen-bond acceptors (Lipinski definition) is 3. The van der Waals surface area contributed by atoms with Crippen molar-refractivity contribution in [3.05, 3.63) is 62.2 Å². The van der Waals surface area contributed by atoms with Crippen molar-refractivity contribution in [3.8, 4) is 5.75 Å². The lowest BCUT2D eigenvalue weighted by Crippen LogP contribution is -2.05. The van der Waals surface area contributed by atoms with Crippen molar-refractivity contribution in [2.24, 2.45) is 0 Å². The number of hydrogen-bond donors (Lipinski definition) is 0. The van der Waals surface area contributed by atoms with E-state index in [1.54, 1.807) is 0 Å². The summed E-state index contributed by atoms with van der Waals surface area (Å²) in [5.74, 6) is 0.514. The molecule has 0 saturated heterocycles. The zero-order valence-electron chi connectivity index (χ0n) is 11.4. The van der Waals surface area contributed by atoms with Gasteiger partial charge in [-0.25, -0.2) is 0 Å². The zero-order chi connectivity index (χ0) is 15.2. The molecule has 0 spiro atoms. The number of benzene rings is 2. The lowest BCUT2D eigenvalue weighted by molar-refractivity contribution is -0.139. The van der Waals surface area contributed by atoms with Crippen LogP contribution in [-0.2, 0) is 22.6 Å². The van der Waals surface area contributed by atoms with Gasteiger partial charge in [0.25, 0.3) is 0 Å². The Labute approximate surface area is 142 Å². The van der Waals surface area contributed by atoms with Crippen LogP contribution in [0.1, 0.15) is 11.1 Å². The lowest BCUT2D eigenvalue weighted by Gasteiger charge is -2.10. The highest BCUT2D eigenvalue weighted by Crippen LogP contribution is 2.25. The Hall–Kier alpha value is -1.27. The summed E-state index contributed by atoms with van der Waals surface area (Å²) in [6.45, 7) is 0.409. The van der Waals surface area contributed by atoms with Crippen molar-refractivity contribution in [2.45, 2.75) is 13.0 Å². The monoisotopic (exact) mass is 416 g/mol. The minimum atomic E-state index is -0.254. The van der Waals surface area contributed by atoms with Crippen molar-refractivity contribution in [1.82, 2.24) is 0 Å². The lowest BCUT2D eigenvalue weighted by atomic mass is 10.1. The van der Waals surface area contributed by atoms with Crippen LogP contribution in [0.3, 0.4) is 0 Å². The maximum absolute atomic E-state index is 11.3. The highest BCUT2D eigenvalue weighted by molar-refractivity contribution is 14.1. The zero-order valence-corrected chi connectivity index (χ0v) is 14.3. The molecule has 0 aliphatic heterocycles. The van der Waals surface area contributed by atoms with E-state index in [0.29, 0.717) is 11.6 Å². The summed E-state index contributed by atoms with van der Waals surface area (Å²) in [6, 6.07) is 13.2. The first-order valence-electron chi connectivity index (χ1n) is 6.31. The molecule has 2 aromatic carbocycles. The van der Waals surface area contributed by atoms with Gasteiger partial charge in [-0.2, -0.15) is 0 Å². The van der Waals surface area contributed by atoms with Gasteiger partial charge in [0.2, 0.25) is 0 Å². The van der Waals surface area contributed by atoms with Gasteiger partial charge >= 0.3 is 5.97 Å². The molecule has 5 heteroatoms. The molecule has 0 radical (unpaired) electrons. The third-order valence-corrected chi connectivity index (χ3v) is 4.13. The number of carbonyl (C=O) groups is 1. The fraction of sp³-hybridized carbons (Fsp3) is 0.188. The third-order valence-electron chi connectivity index (χ3n) is 2.91. The van der Waals surface area contributed by atoms with E-state index in [0.717, 1.165) is 20.4 Å². The van der Waals surface area contributed by atoms with E-state index < -0.39 is 0 Å². The van der Waals surface area contributed by atoms with Crippen molar-refractivity contribution in [2.75, 3.05) is 7.11 Å². The molecule has 2 aromatic rings. The fourth-order valence-corrected chi connectivity index (χ4v) is 2.71. The molecular weight excluding hydrogens is 403 g/mol. The Balaban J connectivity index is 2.04. The molecule has 0 fully saturated rings. The van der Waals surface area contributed by atoms with Crippen molar-refractivity contribution in [1.29, 1.82) is 0 Å². The highest BCUT2D eigenvalue weighted by Gasteiger charge is 2.08. The van der Waals surface area contributed by atoms with Crippen LogP contribution in [0.25, 0.3) is 0 Å².